The number of rotatable bonds is 7. The molecule has 0 radical (unpaired) electrons. The van der Waals surface area contributed by atoms with Gasteiger partial charge in [0.15, 0.2) is 11.0 Å². The van der Waals surface area contributed by atoms with E-state index in [1.165, 1.54) is 11.8 Å². The molecule has 2 amide bonds. The van der Waals surface area contributed by atoms with Crippen molar-refractivity contribution in [2.75, 3.05) is 5.75 Å². The monoisotopic (exact) mass is 380 g/mol. The molecule has 6 nitrogen and oxygen atoms in total. The lowest BCUT2D eigenvalue weighted by Gasteiger charge is -2.07. The lowest BCUT2D eigenvalue weighted by molar-refractivity contribution is -0.128. The van der Waals surface area contributed by atoms with Crippen LogP contribution < -0.4 is 5.32 Å². The van der Waals surface area contributed by atoms with Crippen LogP contribution in [0.2, 0.25) is 0 Å². The van der Waals surface area contributed by atoms with Crippen LogP contribution in [-0.2, 0) is 22.6 Å². The van der Waals surface area contributed by atoms with Gasteiger partial charge in [-0.3, -0.25) is 14.9 Å². The summed E-state index contributed by atoms with van der Waals surface area (Å²) in [6, 6.07) is 19.1. The molecule has 0 atom stereocenters. The Labute approximate surface area is 162 Å². The van der Waals surface area contributed by atoms with Crippen molar-refractivity contribution in [2.24, 2.45) is 0 Å². The molecule has 0 aliphatic rings. The number of hydrogen-bond acceptors (Lipinski definition) is 5. The maximum absolute atomic E-state index is 12.1. The van der Waals surface area contributed by atoms with Gasteiger partial charge in [-0.1, -0.05) is 72.4 Å². The normalized spacial score (nSPS) is 10.6. The zero-order chi connectivity index (χ0) is 19.1. The van der Waals surface area contributed by atoms with Crippen molar-refractivity contribution in [1.29, 1.82) is 0 Å². The summed E-state index contributed by atoms with van der Waals surface area (Å²) in [6.45, 7) is 2.69. The fourth-order valence-electron chi connectivity index (χ4n) is 2.63. The highest BCUT2D eigenvalue weighted by atomic mass is 32.2. The van der Waals surface area contributed by atoms with Crippen molar-refractivity contribution in [1.82, 2.24) is 20.1 Å². The fourth-order valence-corrected chi connectivity index (χ4v) is 3.43. The molecule has 3 rings (SSSR count). The highest BCUT2D eigenvalue weighted by Crippen LogP contribution is 2.23. The highest BCUT2D eigenvalue weighted by Gasteiger charge is 2.15. The third-order valence-corrected chi connectivity index (χ3v) is 4.85. The molecular weight excluding hydrogens is 360 g/mol. The first-order valence-corrected chi connectivity index (χ1v) is 9.64. The third kappa shape index (κ3) is 5.04. The van der Waals surface area contributed by atoms with Gasteiger partial charge >= 0.3 is 0 Å². The summed E-state index contributed by atoms with van der Waals surface area (Å²) in [4.78, 5) is 24.1. The molecule has 0 unspecified atom stereocenters. The number of nitrogens with one attached hydrogen (secondary N) is 1. The summed E-state index contributed by atoms with van der Waals surface area (Å²) < 4.78 is 1.96. The van der Waals surface area contributed by atoms with E-state index in [2.05, 4.69) is 15.5 Å². The fraction of sp³-hybridized carbons (Fsp3) is 0.200. The molecule has 27 heavy (non-hydrogen) atoms. The molecule has 0 aliphatic heterocycles. The molecule has 3 aromatic rings. The molecule has 2 aromatic carbocycles. The summed E-state index contributed by atoms with van der Waals surface area (Å²) in [5.74, 6) is 0.218. The quantitative estimate of drug-likeness (QED) is 0.638. The summed E-state index contributed by atoms with van der Waals surface area (Å²) in [6.07, 6.45) is 0.181. The van der Waals surface area contributed by atoms with Crippen molar-refractivity contribution in [3.05, 3.63) is 66.2 Å². The second-order valence-electron chi connectivity index (χ2n) is 5.84. The van der Waals surface area contributed by atoms with Gasteiger partial charge < -0.3 is 4.57 Å². The summed E-state index contributed by atoms with van der Waals surface area (Å²) in [5.41, 5.74) is 1.84. The van der Waals surface area contributed by atoms with Crippen LogP contribution in [0.25, 0.3) is 11.4 Å². The minimum Gasteiger partial charge on any atom is -0.302 e. The molecule has 0 spiro atoms. The van der Waals surface area contributed by atoms with Gasteiger partial charge in [0.25, 0.3) is 0 Å². The Morgan fingerprint density at radius 1 is 0.963 bits per heavy atom. The van der Waals surface area contributed by atoms with Crippen LogP contribution in [0.1, 0.15) is 12.5 Å². The van der Waals surface area contributed by atoms with Gasteiger partial charge in [0.1, 0.15) is 0 Å². The molecule has 1 N–H and O–H groups in total. The van der Waals surface area contributed by atoms with E-state index in [4.69, 9.17) is 0 Å². The van der Waals surface area contributed by atoms with Crippen molar-refractivity contribution < 1.29 is 9.59 Å². The van der Waals surface area contributed by atoms with E-state index in [-0.39, 0.29) is 24.0 Å². The minimum absolute atomic E-state index is 0.105. The average Bonchev–Trinajstić information content (AvgIpc) is 3.10. The average molecular weight is 380 g/mol. The number of benzene rings is 2. The number of amides is 2. The van der Waals surface area contributed by atoms with E-state index >= 15 is 0 Å². The first-order chi connectivity index (χ1) is 13.2. The predicted octanol–water partition coefficient (Wildman–Crippen LogP) is 2.94. The Morgan fingerprint density at radius 3 is 2.30 bits per heavy atom. The number of carbonyl (C=O) groups excluding carboxylic acids is 2. The maximum Gasteiger partial charge on any atom is 0.237 e. The predicted molar refractivity (Wildman–Crippen MR) is 105 cm³/mol. The third-order valence-electron chi connectivity index (χ3n) is 3.88. The van der Waals surface area contributed by atoms with Gasteiger partial charge in [0.05, 0.1) is 12.2 Å². The number of hydrogen-bond donors (Lipinski definition) is 1. The number of thioether (sulfide) groups is 1. The molecule has 138 valence electrons. The van der Waals surface area contributed by atoms with Crippen molar-refractivity contribution >= 4 is 23.6 Å². The maximum atomic E-state index is 12.1. The molecule has 0 fully saturated rings. The van der Waals surface area contributed by atoms with E-state index < -0.39 is 0 Å². The Morgan fingerprint density at radius 2 is 1.63 bits per heavy atom. The lowest BCUT2D eigenvalue weighted by Crippen LogP contribution is -2.33. The number of nitrogens with zero attached hydrogens (tertiary/aromatic N) is 3. The van der Waals surface area contributed by atoms with E-state index in [9.17, 15) is 9.59 Å². The molecule has 1 heterocycles. The first-order valence-electron chi connectivity index (χ1n) is 8.65. The molecule has 1 aromatic heterocycles. The van der Waals surface area contributed by atoms with Crippen LogP contribution in [0.4, 0.5) is 0 Å². The first kappa shape index (κ1) is 18.8. The van der Waals surface area contributed by atoms with Crippen molar-refractivity contribution in [2.45, 2.75) is 25.0 Å². The number of aromatic nitrogens is 3. The Hall–Kier alpha value is -2.93. The molecular formula is C20H20N4O2S. The largest absolute Gasteiger partial charge is 0.302 e. The zero-order valence-corrected chi connectivity index (χ0v) is 15.8. The summed E-state index contributed by atoms with van der Waals surface area (Å²) >= 11 is 1.27. The van der Waals surface area contributed by atoms with Crippen LogP contribution >= 0.6 is 11.8 Å². The van der Waals surface area contributed by atoms with Gasteiger partial charge in [0, 0.05) is 12.1 Å². The Balaban J connectivity index is 1.57. The zero-order valence-electron chi connectivity index (χ0n) is 15.0. The smallest absolute Gasteiger partial charge is 0.237 e. The topological polar surface area (TPSA) is 76.9 Å². The van der Waals surface area contributed by atoms with Crippen LogP contribution in [0.15, 0.2) is 65.8 Å². The van der Waals surface area contributed by atoms with E-state index in [1.807, 2.05) is 72.2 Å². The minimum atomic E-state index is -0.340. The second kappa shape index (κ2) is 9.14. The summed E-state index contributed by atoms with van der Waals surface area (Å²) in [7, 11) is 0. The summed E-state index contributed by atoms with van der Waals surface area (Å²) in [5, 5.41) is 11.5. The standard InChI is InChI=1S/C20H20N4O2S/c1-2-24-19(16-11-7-4-8-12-16)22-23-20(24)27-14-18(26)21-17(25)13-15-9-5-3-6-10-15/h3-12H,2,13-14H2,1H3,(H,21,25,26). The van der Waals surface area contributed by atoms with Crippen LogP contribution in [-0.4, -0.2) is 32.3 Å². The van der Waals surface area contributed by atoms with Gasteiger partial charge in [-0.15, -0.1) is 10.2 Å². The van der Waals surface area contributed by atoms with E-state index in [1.54, 1.807) is 0 Å². The molecule has 0 saturated heterocycles. The van der Waals surface area contributed by atoms with Crippen LogP contribution in [0.3, 0.4) is 0 Å². The second-order valence-corrected chi connectivity index (χ2v) is 6.78. The molecule has 7 heteroatoms. The molecule has 0 aliphatic carbocycles. The lowest BCUT2D eigenvalue weighted by atomic mass is 10.1. The Kier molecular flexibility index (Phi) is 6.38. The van der Waals surface area contributed by atoms with Crippen molar-refractivity contribution in [3.8, 4) is 11.4 Å². The van der Waals surface area contributed by atoms with E-state index in [0.717, 1.165) is 17.0 Å². The van der Waals surface area contributed by atoms with Crippen LogP contribution in [0.5, 0.6) is 0 Å². The van der Waals surface area contributed by atoms with Gasteiger partial charge in [-0.2, -0.15) is 0 Å². The van der Waals surface area contributed by atoms with E-state index in [0.29, 0.717) is 11.7 Å². The molecule has 0 bridgehead atoms. The van der Waals surface area contributed by atoms with Gasteiger partial charge in [-0.05, 0) is 12.5 Å². The van der Waals surface area contributed by atoms with Gasteiger partial charge in [-0.25, -0.2) is 0 Å². The SMILES string of the molecule is CCn1c(SCC(=O)NC(=O)Cc2ccccc2)nnc1-c1ccccc1. The highest BCUT2D eigenvalue weighted by molar-refractivity contribution is 7.99. The van der Waals surface area contributed by atoms with Crippen LogP contribution in [0, 0.1) is 0 Å². The van der Waals surface area contributed by atoms with Gasteiger partial charge in [0.2, 0.25) is 11.8 Å². The molecule has 0 saturated carbocycles. The Bertz CT molecular complexity index is 910. The van der Waals surface area contributed by atoms with Crippen molar-refractivity contribution in [3.63, 3.8) is 0 Å². The number of carbonyl (C=O) groups is 2. The number of imide groups is 1.